The summed E-state index contributed by atoms with van der Waals surface area (Å²) in [5, 5.41) is 7.42. The summed E-state index contributed by atoms with van der Waals surface area (Å²) in [5.41, 5.74) is 2.15. The first kappa shape index (κ1) is 12.8. The average Bonchev–Trinajstić information content (AvgIpc) is 2.87. The van der Waals surface area contributed by atoms with Crippen molar-refractivity contribution in [3.05, 3.63) is 48.3 Å². The monoisotopic (exact) mass is 245 g/mol. The molecule has 0 bridgehead atoms. The van der Waals surface area contributed by atoms with Crippen LogP contribution in [0.1, 0.15) is 12.5 Å². The van der Waals surface area contributed by atoms with Crippen LogP contribution >= 0.6 is 0 Å². The summed E-state index contributed by atoms with van der Waals surface area (Å²) in [6.07, 6.45) is 4.05. The van der Waals surface area contributed by atoms with Crippen molar-refractivity contribution in [1.29, 1.82) is 0 Å². The lowest BCUT2D eigenvalue weighted by atomic mass is 10.3. The quantitative estimate of drug-likeness (QED) is 0.846. The van der Waals surface area contributed by atoms with E-state index in [4.69, 9.17) is 4.74 Å². The van der Waals surface area contributed by atoms with Gasteiger partial charge in [-0.1, -0.05) is 18.2 Å². The third-order valence-electron chi connectivity index (χ3n) is 2.68. The summed E-state index contributed by atoms with van der Waals surface area (Å²) in [5.74, 6) is 0. The molecule has 0 aliphatic carbocycles. The number of aromatic nitrogens is 2. The fraction of sp³-hybridized carbons (Fsp3) is 0.357. The Hall–Kier alpha value is -1.65. The van der Waals surface area contributed by atoms with Crippen LogP contribution in [0.2, 0.25) is 0 Å². The first-order valence-electron chi connectivity index (χ1n) is 6.15. The van der Waals surface area contributed by atoms with E-state index in [0.717, 1.165) is 17.8 Å². The predicted molar refractivity (Wildman–Crippen MR) is 71.7 cm³/mol. The first-order chi connectivity index (χ1) is 8.79. The van der Waals surface area contributed by atoms with Crippen molar-refractivity contribution in [2.24, 2.45) is 0 Å². The molecule has 4 heteroatoms. The summed E-state index contributed by atoms with van der Waals surface area (Å²) in [7, 11) is 1.92. The Kier molecular flexibility index (Phi) is 4.50. The maximum Gasteiger partial charge on any atom is 0.0751 e. The Labute approximate surface area is 108 Å². The SMILES string of the molecule is CNCC(C)OCc1cnn(-c2ccccc2)c1. The fourth-order valence-corrected chi connectivity index (χ4v) is 1.74. The Morgan fingerprint density at radius 1 is 1.33 bits per heavy atom. The maximum absolute atomic E-state index is 5.70. The van der Waals surface area contributed by atoms with Gasteiger partial charge in [0.05, 0.1) is 24.6 Å². The standard InChI is InChI=1S/C14H19N3O/c1-12(8-15-2)18-11-13-9-16-17(10-13)14-6-4-3-5-7-14/h3-7,9-10,12,15H,8,11H2,1-2H3. The van der Waals surface area contributed by atoms with Crippen molar-refractivity contribution >= 4 is 0 Å². The molecule has 0 spiro atoms. The minimum Gasteiger partial charge on any atom is -0.372 e. The summed E-state index contributed by atoms with van der Waals surface area (Å²) < 4.78 is 7.56. The van der Waals surface area contributed by atoms with Crippen LogP contribution in [0.3, 0.4) is 0 Å². The summed E-state index contributed by atoms with van der Waals surface area (Å²) in [6, 6.07) is 10.1. The average molecular weight is 245 g/mol. The molecule has 1 N–H and O–H groups in total. The molecule has 2 aromatic rings. The van der Waals surface area contributed by atoms with Gasteiger partial charge in [-0.3, -0.25) is 0 Å². The topological polar surface area (TPSA) is 39.1 Å². The molecule has 0 saturated carbocycles. The number of rotatable bonds is 6. The van der Waals surface area contributed by atoms with Gasteiger partial charge >= 0.3 is 0 Å². The summed E-state index contributed by atoms with van der Waals surface area (Å²) in [6.45, 7) is 3.50. The number of para-hydroxylation sites is 1. The van der Waals surface area contributed by atoms with E-state index in [9.17, 15) is 0 Å². The number of ether oxygens (including phenoxy) is 1. The van der Waals surface area contributed by atoms with Crippen LogP contribution in [0.5, 0.6) is 0 Å². The van der Waals surface area contributed by atoms with E-state index in [-0.39, 0.29) is 6.10 Å². The largest absolute Gasteiger partial charge is 0.372 e. The highest BCUT2D eigenvalue weighted by Gasteiger charge is 2.04. The van der Waals surface area contributed by atoms with Crippen molar-refractivity contribution in [3.63, 3.8) is 0 Å². The molecule has 18 heavy (non-hydrogen) atoms. The van der Waals surface area contributed by atoms with E-state index in [0.29, 0.717) is 6.61 Å². The van der Waals surface area contributed by atoms with Crippen LogP contribution in [0, 0.1) is 0 Å². The third-order valence-corrected chi connectivity index (χ3v) is 2.68. The number of nitrogens with zero attached hydrogens (tertiary/aromatic N) is 2. The molecular formula is C14H19N3O. The molecule has 2 rings (SSSR count). The zero-order chi connectivity index (χ0) is 12.8. The molecule has 1 aromatic carbocycles. The number of likely N-dealkylation sites (N-methyl/N-ethyl adjacent to an activating group) is 1. The van der Waals surface area contributed by atoms with Gasteiger partial charge in [-0.05, 0) is 26.1 Å². The lowest BCUT2D eigenvalue weighted by molar-refractivity contribution is 0.0545. The third kappa shape index (κ3) is 3.42. The van der Waals surface area contributed by atoms with Crippen molar-refractivity contribution in [1.82, 2.24) is 15.1 Å². The normalized spacial score (nSPS) is 12.6. The van der Waals surface area contributed by atoms with Gasteiger partial charge in [0.1, 0.15) is 0 Å². The molecule has 96 valence electrons. The number of benzene rings is 1. The van der Waals surface area contributed by atoms with Gasteiger partial charge in [-0.2, -0.15) is 5.10 Å². The molecule has 0 saturated heterocycles. The van der Waals surface area contributed by atoms with Gasteiger partial charge in [-0.25, -0.2) is 4.68 Å². The predicted octanol–water partition coefficient (Wildman–Crippen LogP) is 2.00. The van der Waals surface area contributed by atoms with Gasteiger partial charge in [-0.15, -0.1) is 0 Å². The van der Waals surface area contributed by atoms with Crippen LogP contribution in [0.15, 0.2) is 42.7 Å². The smallest absolute Gasteiger partial charge is 0.0751 e. The minimum atomic E-state index is 0.204. The van der Waals surface area contributed by atoms with Crippen molar-refractivity contribution < 1.29 is 4.74 Å². The van der Waals surface area contributed by atoms with Crippen molar-refractivity contribution in [2.75, 3.05) is 13.6 Å². The van der Waals surface area contributed by atoms with E-state index in [1.165, 1.54) is 0 Å². The Bertz CT molecular complexity index is 467. The second-order valence-electron chi connectivity index (χ2n) is 4.31. The summed E-state index contributed by atoms with van der Waals surface area (Å²) >= 11 is 0. The van der Waals surface area contributed by atoms with Gasteiger partial charge in [0, 0.05) is 18.3 Å². The fourth-order valence-electron chi connectivity index (χ4n) is 1.74. The molecule has 0 aliphatic heterocycles. The van der Waals surface area contributed by atoms with E-state index in [2.05, 4.69) is 17.3 Å². The van der Waals surface area contributed by atoms with Crippen LogP contribution in [0.4, 0.5) is 0 Å². The Balaban J connectivity index is 1.95. The van der Waals surface area contributed by atoms with E-state index >= 15 is 0 Å². The van der Waals surface area contributed by atoms with Gasteiger partial charge in [0.2, 0.25) is 0 Å². The maximum atomic E-state index is 5.70. The molecule has 1 heterocycles. The lowest BCUT2D eigenvalue weighted by Crippen LogP contribution is -2.23. The lowest BCUT2D eigenvalue weighted by Gasteiger charge is -2.10. The summed E-state index contributed by atoms with van der Waals surface area (Å²) in [4.78, 5) is 0. The van der Waals surface area contributed by atoms with Gasteiger partial charge < -0.3 is 10.1 Å². The second kappa shape index (κ2) is 6.33. The first-order valence-corrected chi connectivity index (χ1v) is 6.15. The number of hydrogen-bond acceptors (Lipinski definition) is 3. The molecule has 4 nitrogen and oxygen atoms in total. The Morgan fingerprint density at radius 3 is 2.83 bits per heavy atom. The van der Waals surface area contributed by atoms with Crippen molar-refractivity contribution in [3.8, 4) is 5.69 Å². The van der Waals surface area contributed by atoms with Crippen LogP contribution < -0.4 is 5.32 Å². The van der Waals surface area contributed by atoms with E-state index in [1.54, 1.807) is 0 Å². The van der Waals surface area contributed by atoms with Crippen LogP contribution in [0.25, 0.3) is 5.69 Å². The second-order valence-corrected chi connectivity index (χ2v) is 4.31. The highest BCUT2D eigenvalue weighted by molar-refractivity contribution is 5.30. The highest BCUT2D eigenvalue weighted by Crippen LogP contribution is 2.09. The molecule has 1 atom stereocenters. The molecule has 1 unspecified atom stereocenters. The van der Waals surface area contributed by atoms with Crippen LogP contribution in [-0.4, -0.2) is 29.5 Å². The molecular weight excluding hydrogens is 226 g/mol. The van der Waals surface area contributed by atoms with Crippen LogP contribution in [-0.2, 0) is 11.3 Å². The molecule has 0 fully saturated rings. The highest BCUT2D eigenvalue weighted by atomic mass is 16.5. The molecule has 0 aliphatic rings. The number of nitrogens with one attached hydrogen (secondary N) is 1. The van der Waals surface area contributed by atoms with Gasteiger partial charge in [0.25, 0.3) is 0 Å². The molecule has 0 radical (unpaired) electrons. The Morgan fingerprint density at radius 2 is 2.11 bits per heavy atom. The van der Waals surface area contributed by atoms with Gasteiger partial charge in [0.15, 0.2) is 0 Å². The van der Waals surface area contributed by atoms with E-state index < -0.39 is 0 Å². The molecule has 0 amide bonds. The van der Waals surface area contributed by atoms with Crippen molar-refractivity contribution in [2.45, 2.75) is 19.6 Å². The zero-order valence-electron chi connectivity index (χ0n) is 10.8. The number of hydrogen-bond donors (Lipinski definition) is 1. The van der Waals surface area contributed by atoms with E-state index in [1.807, 2.05) is 54.5 Å². The zero-order valence-corrected chi connectivity index (χ0v) is 10.8. The molecule has 1 aromatic heterocycles. The minimum absolute atomic E-state index is 0.204.